The van der Waals surface area contributed by atoms with Gasteiger partial charge in [0.15, 0.2) is 0 Å². The first-order valence-electron chi connectivity index (χ1n) is 11.7. The Morgan fingerprint density at radius 1 is 0.848 bits per heavy atom. The zero-order chi connectivity index (χ0) is 23.3. The maximum Gasteiger partial charge on any atom is 0.149 e. The molecular weight excluding hydrogens is 404 g/mol. The summed E-state index contributed by atoms with van der Waals surface area (Å²) in [6.07, 6.45) is 0. The number of rotatable bonds is 5. The Morgan fingerprint density at radius 2 is 1.55 bits per heavy atom. The number of furan rings is 1. The highest BCUT2D eigenvalue weighted by molar-refractivity contribution is 6.09. The summed E-state index contributed by atoms with van der Waals surface area (Å²) in [6, 6.07) is 22.9. The standard InChI is InChI=1S/C30H30N2O/c1-18(2)20(5)28(21(6)19(3)4)32-26-16-9-8-15-25(26)31-30(32)24-14-11-13-23-22-12-7-10-17-27(22)33-29(23)24/h7-19H,5H2,1-4,6H3/b28-21-. The number of nitrogens with zero attached hydrogens (tertiary/aromatic N) is 2. The SMILES string of the molecule is C=C(/C(=C(\C)C(C)C)n1c(-c2cccc3c2oc2ccccc23)nc2ccccc21)C(C)C. The highest BCUT2D eigenvalue weighted by Crippen LogP contribution is 2.40. The molecule has 33 heavy (non-hydrogen) atoms. The van der Waals surface area contributed by atoms with E-state index in [1.54, 1.807) is 0 Å². The molecule has 166 valence electrons. The van der Waals surface area contributed by atoms with Gasteiger partial charge in [-0.1, -0.05) is 76.7 Å². The molecule has 0 aliphatic heterocycles. The van der Waals surface area contributed by atoms with Crippen LogP contribution in [-0.2, 0) is 0 Å². The second-order valence-corrected chi connectivity index (χ2v) is 9.41. The van der Waals surface area contributed by atoms with Crippen LogP contribution in [0.2, 0.25) is 0 Å². The van der Waals surface area contributed by atoms with Crippen molar-refractivity contribution in [3.8, 4) is 11.4 Å². The van der Waals surface area contributed by atoms with E-state index in [-0.39, 0.29) is 0 Å². The van der Waals surface area contributed by atoms with Crippen molar-refractivity contribution in [2.75, 3.05) is 0 Å². The quantitative estimate of drug-likeness (QED) is 0.259. The molecule has 0 amide bonds. The van der Waals surface area contributed by atoms with Crippen LogP contribution in [0.1, 0.15) is 34.6 Å². The molecule has 2 heterocycles. The summed E-state index contributed by atoms with van der Waals surface area (Å²) in [6.45, 7) is 15.6. The third kappa shape index (κ3) is 3.39. The second kappa shape index (κ2) is 8.08. The van der Waals surface area contributed by atoms with Crippen molar-refractivity contribution < 1.29 is 4.42 Å². The largest absolute Gasteiger partial charge is 0.455 e. The minimum absolute atomic E-state index is 0.310. The Balaban J connectivity index is 1.91. The lowest BCUT2D eigenvalue weighted by Crippen LogP contribution is -2.10. The molecule has 0 spiro atoms. The number of hydrogen-bond acceptors (Lipinski definition) is 2. The molecule has 2 aromatic heterocycles. The lowest BCUT2D eigenvalue weighted by atomic mass is 9.93. The van der Waals surface area contributed by atoms with Gasteiger partial charge < -0.3 is 4.42 Å². The molecule has 5 aromatic rings. The maximum atomic E-state index is 6.39. The highest BCUT2D eigenvalue weighted by atomic mass is 16.3. The van der Waals surface area contributed by atoms with E-state index in [2.05, 4.69) is 94.3 Å². The van der Waals surface area contributed by atoms with Crippen LogP contribution in [0.15, 0.2) is 88.9 Å². The first-order valence-corrected chi connectivity index (χ1v) is 11.7. The molecule has 0 aliphatic rings. The summed E-state index contributed by atoms with van der Waals surface area (Å²) >= 11 is 0. The van der Waals surface area contributed by atoms with Crippen molar-refractivity contribution in [2.24, 2.45) is 11.8 Å². The van der Waals surface area contributed by atoms with Crippen molar-refractivity contribution in [1.82, 2.24) is 9.55 Å². The molecule has 0 bridgehead atoms. The van der Waals surface area contributed by atoms with E-state index in [0.717, 1.165) is 55.6 Å². The first-order chi connectivity index (χ1) is 15.9. The van der Waals surface area contributed by atoms with E-state index < -0.39 is 0 Å². The van der Waals surface area contributed by atoms with Gasteiger partial charge in [0, 0.05) is 16.5 Å². The van der Waals surface area contributed by atoms with Gasteiger partial charge in [-0.15, -0.1) is 0 Å². The highest BCUT2D eigenvalue weighted by Gasteiger charge is 2.24. The minimum Gasteiger partial charge on any atom is -0.455 e. The maximum absolute atomic E-state index is 6.39. The van der Waals surface area contributed by atoms with Crippen molar-refractivity contribution in [3.05, 3.63) is 84.5 Å². The van der Waals surface area contributed by atoms with E-state index in [9.17, 15) is 0 Å². The van der Waals surface area contributed by atoms with E-state index >= 15 is 0 Å². The smallest absolute Gasteiger partial charge is 0.149 e. The Morgan fingerprint density at radius 3 is 2.30 bits per heavy atom. The van der Waals surface area contributed by atoms with E-state index in [4.69, 9.17) is 9.40 Å². The summed E-state index contributed by atoms with van der Waals surface area (Å²) < 4.78 is 8.69. The van der Waals surface area contributed by atoms with Crippen molar-refractivity contribution in [1.29, 1.82) is 0 Å². The average Bonchev–Trinajstić information content (AvgIpc) is 3.38. The number of hydrogen-bond donors (Lipinski definition) is 0. The van der Waals surface area contributed by atoms with Crippen molar-refractivity contribution in [3.63, 3.8) is 0 Å². The molecule has 5 rings (SSSR count). The Labute approximate surface area is 195 Å². The van der Waals surface area contributed by atoms with E-state index in [1.165, 1.54) is 5.57 Å². The molecule has 0 aliphatic carbocycles. The second-order valence-electron chi connectivity index (χ2n) is 9.41. The van der Waals surface area contributed by atoms with Gasteiger partial charge in [-0.05, 0) is 54.2 Å². The van der Waals surface area contributed by atoms with Gasteiger partial charge >= 0.3 is 0 Å². The Kier molecular flexibility index (Phi) is 5.20. The summed E-state index contributed by atoms with van der Waals surface area (Å²) in [5, 5.41) is 2.23. The summed E-state index contributed by atoms with van der Waals surface area (Å²) in [4.78, 5) is 5.14. The zero-order valence-corrected chi connectivity index (χ0v) is 20.0. The van der Waals surface area contributed by atoms with Crippen LogP contribution in [0.5, 0.6) is 0 Å². The van der Waals surface area contributed by atoms with Crippen molar-refractivity contribution >= 4 is 38.7 Å². The third-order valence-electron chi connectivity index (χ3n) is 6.67. The Bertz CT molecular complexity index is 1540. The van der Waals surface area contributed by atoms with E-state index in [1.807, 2.05) is 18.2 Å². The molecule has 3 nitrogen and oxygen atoms in total. The summed E-state index contributed by atoms with van der Waals surface area (Å²) in [5.74, 6) is 1.58. The van der Waals surface area contributed by atoms with Gasteiger partial charge in [0.25, 0.3) is 0 Å². The summed E-state index contributed by atoms with van der Waals surface area (Å²) in [5.41, 5.74) is 8.36. The third-order valence-corrected chi connectivity index (χ3v) is 6.67. The molecule has 0 N–H and O–H groups in total. The molecule has 0 fully saturated rings. The Hall–Kier alpha value is -3.59. The fourth-order valence-electron chi connectivity index (χ4n) is 4.48. The predicted molar refractivity (Wildman–Crippen MR) is 140 cm³/mol. The number of aromatic nitrogens is 2. The van der Waals surface area contributed by atoms with Gasteiger partial charge in [-0.3, -0.25) is 4.57 Å². The molecular formula is C30H30N2O. The monoisotopic (exact) mass is 434 g/mol. The number of para-hydroxylation sites is 4. The van der Waals surface area contributed by atoms with Gasteiger partial charge in [0.1, 0.15) is 17.0 Å². The van der Waals surface area contributed by atoms with Crippen molar-refractivity contribution in [2.45, 2.75) is 34.6 Å². The number of imidazole rings is 1. The van der Waals surface area contributed by atoms with Gasteiger partial charge in [-0.25, -0.2) is 4.98 Å². The van der Waals surface area contributed by atoms with Crippen LogP contribution in [0.3, 0.4) is 0 Å². The molecule has 3 aromatic carbocycles. The number of allylic oxidation sites excluding steroid dienone is 3. The van der Waals surface area contributed by atoms with Crippen LogP contribution in [0.4, 0.5) is 0 Å². The van der Waals surface area contributed by atoms with Crippen LogP contribution >= 0.6 is 0 Å². The lowest BCUT2D eigenvalue weighted by Gasteiger charge is -2.23. The van der Waals surface area contributed by atoms with Gasteiger partial charge in [0.2, 0.25) is 0 Å². The topological polar surface area (TPSA) is 31.0 Å². The molecule has 0 atom stereocenters. The van der Waals surface area contributed by atoms with Gasteiger partial charge in [0.05, 0.1) is 16.6 Å². The summed E-state index contributed by atoms with van der Waals surface area (Å²) in [7, 11) is 0. The fraction of sp³-hybridized carbons (Fsp3) is 0.233. The molecule has 0 unspecified atom stereocenters. The van der Waals surface area contributed by atoms with Gasteiger partial charge in [-0.2, -0.15) is 0 Å². The first kappa shape index (κ1) is 21.3. The number of fused-ring (bicyclic) bond motifs is 4. The number of benzene rings is 3. The minimum atomic E-state index is 0.310. The normalized spacial score (nSPS) is 12.9. The predicted octanol–water partition coefficient (Wildman–Crippen LogP) is 8.70. The molecule has 0 radical (unpaired) electrons. The molecule has 0 saturated carbocycles. The van der Waals surface area contributed by atoms with Crippen LogP contribution in [0.25, 0.3) is 50.1 Å². The fourth-order valence-corrected chi connectivity index (χ4v) is 4.48. The van der Waals surface area contributed by atoms with Crippen LogP contribution in [0, 0.1) is 11.8 Å². The average molecular weight is 435 g/mol. The molecule has 3 heteroatoms. The van der Waals surface area contributed by atoms with Crippen LogP contribution < -0.4 is 0 Å². The van der Waals surface area contributed by atoms with Crippen LogP contribution in [-0.4, -0.2) is 9.55 Å². The molecule has 0 saturated heterocycles. The zero-order valence-electron chi connectivity index (χ0n) is 20.0. The van der Waals surface area contributed by atoms with E-state index in [0.29, 0.717) is 11.8 Å². The lowest BCUT2D eigenvalue weighted by molar-refractivity contribution is 0.669.